The lowest BCUT2D eigenvalue weighted by molar-refractivity contribution is 0.0938. The first-order valence-electron chi connectivity index (χ1n) is 7.98. The third kappa shape index (κ3) is 3.27. The average Bonchev–Trinajstić information content (AvgIpc) is 3.00. The predicted molar refractivity (Wildman–Crippen MR) is 86.5 cm³/mol. The van der Waals surface area contributed by atoms with Crippen molar-refractivity contribution >= 4 is 21.6 Å². The molecule has 1 aliphatic carbocycles. The highest BCUT2D eigenvalue weighted by Gasteiger charge is 2.26. The largest absolute Gasteiger partial charge is 0.349 e. The maximum Gasteiger partial charge on any atom is 0.251 e. The van der Waals surface area contributed by atoms with Crippen molar-refractivity contribution in [3.63, 3.8) is 0 Å². The minimum atomic E-state index is -3.20. The Bertz CT molecular complexity index is 634. The van der Waals surface area contributed by atoms with E-state index in [2.05, 4.69) is 5.32 Å². The monoisotopic (exact) mass is 322 g/mol. The van der Waals surface area contributed by atoms with Crippen LogP contribution in [0.5, 0.6) is 0 Å². The van der Waals surface area contributed by atoms with Gasteiger partial charge in [-0.05, 0) is 49.9 Å². The van der Waals surface area contributed by atoms with Gasteiger partial charge in [0.2, 0.25) is 10.0 Å². The Balaban J connectivity index is 1.70. The third-order valence-electron chi connectivity index (χ3n) is 4.46. The average molecular weight is 322 g/mol. The van der Waals surface area contributed by atoms with Gasteiger partial charge < -0.3 is 5.32 Å². The Morgan fingerprint density at radius 3 is 2.36 bits per heavy atom. The lowest BCUT2D eigenvalue weighted by atomic mass is 10.1. The van der Waals surface area contributed by atoms with E-state index in [1.54, 1.807) is 24.3 Å². The summed E-state index contributed by atoms with van der Waals surface area (Å²) in [5, 5.41) is 3.04. The van der Waals surface area contributed by atoms with Gasteiger partial charge in [-0.15, -0.1) is 0 Å². The number of hydrogen-bond acceptors (Lipinski definition) is 3. The zero-order valence-corrected chi connectivity index (χ0v) is 13.4. The molecule has 3 rings (SSSR count). The summed E-state index contributed by atoms with van der Waals surface area (Å²) >= 11 is 0. The summed E-state index contributed by atoms with van der Waals surface area (Å²) in [5.41, 5.74) is 1.24. The molecule has 5 nitrogen and oxygen atoms in total. The van der Waals surface area contributed by atoms with Crippen molar-refractivity contribution in [2.75, 3.05) is 16.6 Å². The molecule has 1 aromatic rings. The summed E-state index contributed by atoms with van der Waals surface area (Å²) in [6.45, 7) is 0.524. The molecule has 0 unspecified atom stereocenters. The lowest BCUT2D eigenvalue weighted by Crippen LogP contribution is -2.37. The quantitative estimate of drug-likeness (QED) is 0.928. The first-order chi connectivity index (χ1) is 10.6. The van der Waals surface area contributed by atoms with E-state index in [1.807, 2.05) is 0 Å². The van der Waals surface area contributed by atoms with E-state index < -0.39 is 10.0 Å². The molecule has 0 aromatic heterocycles. The summed E-state index contributed by atoms with van der Waals surface area (Å²) in [6.07, 6.45) is 6.06. The number of carbonyl (C=O) groups excluding carboxylic acids is 1. The number of anilines is 1. The van der Waals surface area contributed by atoms with Gasteiger partial charge in [0.15, 0.2) is 0 Å². The number of carbonyl (C=O) groups is 1. The van der Waals surface area contributed by atoms with Crippen molar-refractivity contribution in [1.29, 1.82) is 0 Å². The normalized spacial score (nSPS) is 21.7. The van der Waals surface area contributed by atoms with E-state index in [4.69, 9.17) is 0 Å². The molecule has 0 bridgehead atoms. The molecule has 2 fully saturated rings. The summed E-state index contributed by atoms with van der Waals surface area (Å²) < 4.78 is 25.6. The number of benzene rings is 1. The Hall–Kier alpha value is -1.56. The summed E-state index contributed by atoms with van der Waals surface area (Å²) in [6, 6.07) is 7.17. The number of amides is 1. The zero-order chi connectivity index (χ0) is 15.6. The molecule has 1 aromatic carbocycles. The second kappa shape index (κ2) is 6.28. The van der Waals surface area contributed by atoms with Crippen LogP contribution in [0.25, 0.3) is 0 Å². The Kier molecular flexibility index (Phi) is 4.38. The van der Waals surface area contributed by atoms with Crippen molar-refractivity contribution in [2.45, 2.75) is 44.6 Å². The van der Waals surface area contributed by atoms with Crippen LogP contribution in [-0.4, -0.2) is 32.7 Å². The zero-order valence-electron chi connectivity index (χ0n) is 12.6. The summed E-state index contributed by atoms with van der Waals surface area (Å²) in [4.78, 5) is 12.2. The van der Waals surface area contributed by atoms with E-state index in [0.29, 0.717) is 17.8 Å². The molecule has 1 saturated heterocycles. The first kappa shape index (κ1) is 15.3. The molecule has 0 radical (unpaired) electrons. The molecular formula is C16H22N2O3S. The van der Waals surface area contributed by atoms with E-state index in [0.717, 1.165) is 25.7 Å². The van der Waals surface area contributed by atoms with Crippen LogP contribution >= 0.6 is 0 Å². The van der Waals surface area contributed by atoms with Gasteiger partial charge in [-0.2, -0.15) is 0 Å². The highest BCUT2D eigenvalue weighted by atomic mass is 32.2. The van der Waals surface area contributed by atoms with Crippen LogP contribution < -0.4 is 9.62 Å². The first-order valence-corrected chi connectivity index (χ1v) is 9.58. The Morgan fingerprint density at radius 1 is 1.05 bits per heavy atom. The fourth-order valence-corrected chi connectivity index (χ4v) is 4.84. The molecule has 0 atom stereocenters. The van der Waals surface area contributed by atoms with Crippen LogP contribution in [0.3, 0.4) is 0 Å². The van der Waals surface area contributed by atoms with Gasteiger partial charge >= 0.3 is 0 Å². The molecule has 1 aliphatic heterocycles. The molecule has 2 aliphatic rings. The standard InChI is InChI=1S/C16H22N2O3S/c19-16(17-14-5-1-2-6-14)13-7-9-15(10-8-13)18-11-3-4-12-22(18,20)21/h7-10,14H,1-6,11-12H2,(H,17,19). The highest BCUT2D eigenvalue weighted by molar-refractivity contribution is 7.92. The fraction of sp³-hybridized carbons (Fsp3) is 0.562. The van der Waals surface area contributed by atoms with Crippen molar-refractivity contribution in [3.8, 4) is 0 Å². The number of hydrogen-bond donors (Lipinski definition) is 1. The van der Waals surface area contributed by atoms with Crippen LogP contribution in [0.2, 0.25) is 0 Å². The van der Waals surface area contributed by atoms with Crippen molar-refractivity contribution in [3.05, 3.63) is 29.8 Å². The van der Waals surface area contributed by atoms with Gasteiger partial charge in [-0.3, -0.25) is 9.10 Å². The molecule has 6 heteroatoms. The second-order valence-corrected chi connectivity index (χ2v) is 8.11. The topological polar surface area (TPSA) is 66.5 Å². The van der Waals surface area contributed by atoms with Crippen molar-refractivity contribution < 1.29 is 13.2 Å². The highest BCUT2D eigenvalue weighted by Crippen LogP contribution is 2.24. The Morgan fingerprint density at radius 2 is 1.73 bits per heavy atom. The van der Waals surface area contributed by atoms with Gasteiger partial charge in [0, 0.05) is 18.2 Å². The number of nitrogens with zero attached hydrogens (tertiary/aromatic N) is 1. The number of sulfonamides is 1. The maximum atomic E-state index is 12.2. The minimum Gasteiger partial charge on any atom is -0.349 e. The van der Waals surface area contributed by atoms with Gasteiger partial charge in [0.25, 0.3) is 5.91 Å². The molecule has 120 valence electrons. The summed E-state index contributed by atoms with van der Waals surface area (Å²) in [5.74, 6) is 0.136. The van der Waals surface area contributed by atoms with E-state index >= 15 is 0 Å². The number of rotatable bonds is 3. The van der Waals surface area contributed by atoms with Crippen LogP contribution in [-0.2, 0) is 10.0 Å². The SMILES string of the molecule is O=C(NC1CCCC1)c1ccc(N2CCCCS2(=O)=O)cc1. The fourth-order valence-electron chi connectivity index (χ4n) is 3.20. The number of nitrogens with one attached hydrogen (secondary N) is 1. The second-order valence-electron chi connectivity index (χ2n) is 6.10. The molecule has 1 N–H and O–H groups in total. The minimum absolute atomic E-state index is 0.0695. The van der Waals surface area contributed by atoms with Gasteiger partial charge in [-0.1, -0.05) is 12.8 Å². The maximum absolute atomic E-state index is 12.2. The molecule has 22 heavy (non-hydrogen) atoms. The molecule has 0 spiro atoms. The van der Waals surface area contributed by atoms with Crippen molar-refractivity contribution in [2.24, 2.45) is 0 Å². The van der Waals surface area contributed by atoms with Gasteiger partial charge in [0.1, 0.15) is 0 Å². The van der Waals surface area contributed by atoms with Gasteiger partial charge in [0.05, 0.1) is 11.4 Å². The molecular weight excluding hydrogens is 300 g/mol. The van der Waals surface area contributed by atoms with E-state index in [9.17, 15) is 13.2 Å². The third-order valence-corrected chi connectivity index (χ3v) is 6.33. The van der Waals surface area contributed by atoms with Crippen LogP contribution in [0.1, 0.15) is 48.9 Å². The van der Waals surface area contributed by atoms with Crippen LogP contribution in [0.4, 0.5) is 5.69 Å². The van der Waals surface area contributed by atoms with Crippen LogP contribution in [0, 0.1) is 0 Å². The van der Waals surface area contributed by atoms with Crippen LogP contribution in [0.15, 0.2) is 24.3 Å². The molecule has 1 heterocycles. The lowest BCUT2D eigenvalue weighted by Gasteiger charge is -2.28. The predicted octanol–water partition coefficient (Wildman–Crippen LogP) is 2.29. The summed E-state index contributed by atoms with van der Waals surface area (Å²) in [7, 11) is -3.20. The van der Waals surface area contributed by atoms with E-state index in [-0.39, 0.29) is 17.7 Å². The Labute approximate surface area is 131 Å². The molecule has 1 amide bonds. The van der Waals surface area contributed by atoms with Gasteiger partial charge in [-0.25, -0.2) is 8.42 Å². The van der Waals surface area contributed by atoms with Crippen molar-refractivity contribution in [1.82, 2.24) is 5.32 Å². The van der Waals surface area contributed by atoms with E-state index in [1.165, 1.54) is 17.1 Å². The smallest absolute Gasteiger partial charge is 0.251 e. The molecule has 1 saturated carbocycles.